The summed E-state index contributed by atoms with van der Waals surface area (Å²) in [6.45, 7) is 5.43. The van der Waals surface area contributed by atoms with Crippen LogP contribution in [0.2, 0.25) is 0 Å². The minimum atomic E-state index is 0.197. The van der Waals surface area contributed by atoms with Crippen LogP contribution in [0.4, 0.5) is 0 Å². The molecule has 0 spiro atoms. The van der Waals surface area contributed by atoms with Gasteiger partial charge in [0, 0.05) is 18.5 Å². The predicted octanol–water partition coefficient (Wildman–Crippen LogP) is 2.53. The van der Waals surface area contributed by atoms with Crippen LogP contribution in [-0.4, -0.2) is 12.9 Å². The Morgan fingerprint density at radius 1 is 1.47 bits per heavy atom. The van der Waals surface area contributed by atoms with Gasteiger partial charge in [-0.05, 0) is 19.2 Å². The van der Waals surface area contributed by atoms with E-state index in [1.54, 1.807) is 6.20 Å². The van der Waals surface area contributed by atoms with Gasteiger partial charge in [-0.3, -0.25) is 4.99 Å². The van der Waals surface area contributed by atoms with Crippen molar-refractivity contribution < 1.29 is 0 Å². The third-order valence-electron chi connectivity index (χ3n) is 2.11. The van der Waals surface area contributed by atoms with E-state index in [9.17, 15) is 0 Å². The summed E-state index contributed by atoms with van der Waals surface area (Å²) in [5.74, 6) is 0. The highest BCUT2D eigenvalue weighted by Crippen LogP contribution is 2.10. The number of nitrogens with one attached hydrogen (secondary N) is 2. The van der Waals surface area contributed by atoms with Crippen molar-refractivity contribution in [3.63, 3.8) is 0 Å². The topological polar surface area (TPSA) is 48.2 Å². The molecule has 0 saturated carbocycles. The molecule has 1 unspecified atom stereocenters. The lowest BCUT2D eigenvalue weighted by Gasteiger charge is -2.11. The van der Waals surface area contributed by atoms with Crippen LogP contribution in [0.15, 0.2) is 47.2 Å². The van der Waals surface area contributed by atoms with Gasteiger partial charge in [-0.25, -0.2) is 0 Å². The fourth-order valence-corrected chi connectivity index (χ4v) is 1.18. The van der Waals surface area contributed by atoms with Crippen LogP contribution in [-0.2, 0) is 0 Å². The average molecular weight is 201 g/mol. The Morgan fingerprint density at radius 2 is 2.13 bits per heavy atom. The van der Waals surface area contributed by atoms with Crippen molar-refractivity contribution in [2.24, 2.45) is 4.99 Å². The van der Waals surface area contributed by atoms with Gasteiger partial charge in [0.1, 0.15) is 0 Å². The van der Waals surface area contributed by atoms with Crippen molar-refractivity contribution in [3.8, 4) is 0 Å². The predicted molar refractivity (Wildman–Crippen MR) is 64.4 cm³/mol. The molecule has 1 rings (SSSR count). The van der Waals surface area contributed by atoms with Gasteiger partial charge in [0.2, 0.25) is 0 Å². The summed E-state index contributed by atoms with van der Waals surface area (Å²) in [6, 6.07) is 10.3. The number of hydrogen-bond donors (Lipinski definition) is 2. The molecular formula is C12H15N3. The summed E-state index contributed by atoms with van der Waals surface area (Å²) >= 11 is 0. The molecule has 3 nitrogen and oxygen atoms in total. The van der Waals surface area contributed by atoms with Gasteiger partial charge in [-0.2, -0.15) is 0 Å². The van der Waals surface area contributed by atoms with Crippen molar-refractivity contribution in [1.29, 1.82) is 5.41 Å². The number of allylic oxidation sites excluding steroid dienone is 1. The second-order valence-electron chi connectivity index (χ2n) is 3.17. The molecular weight excluding hydrogens is 186 g/mol. The van der Waals surface area contributed by atoms with Crippen molar-refractivity contribution in [1.82, 2.24) is 5.32 Å². The van der Waals surface area contributed by atoms with Gasteiger partial charge >= 0.3 is 0 Å². The number of rotatable bonds is 5. The molecule has 3 heteroatoms. The van der Waals surface area contributed by atoms with E-state index >= 15 is 0 Å². The quantitative estimate of drug-likeness (QED) is 0.706. The second-order valence-corrected chi connectivity index (χ2v) is 3.17. The number of hydrogen-bond acceptors (Lipinski definition) is 3. The Kier molecular flexibility index (Phi) is 4.29. The van der Waals surface area contributed by atoms with E-state index in [1.807, 2.05) is 18.2 Å². The Bertz CT molecular complexity index is 344. The Morgan fingerprint density at radius 3 is 2.67 bits per heavy atom. The molecule has 1 atom stereocenters. The van der Waals surface area contributed by atoms with E-state index in [1.165, 1.54) is 5.56 Å². The summed E-state index contributed by atoms with van der Waals surface area (Å²) in [6.07, 6.45) is 2.86. The summed E-state index contributed by atoms with van der Waals surface area (Å²) in [5, 5.41) is 10.2. The molecule has 0 amide bonds. The molecule has 0 aliphatic rings. The summed E-state index contributed by atoms with van der Waals surface area (Å²) < 4.78 is 0. The first kappa shape index (κ1) is 11.2. The largest absolute Gasteiger partial charge is 0.383 e. The lowest BCUT2D eigenvalue weighted by atomic mass is 10.1. The molecule has 0 heterocycles. The van der Waals surface area contributed by atoms with Gasteiger partial charge in [-0.1, -0.05) is 30.3 Å². The van der Waals surface area contributed by atoms with E-state index in [4.69, 9.17) is 5.41 Å². The molecule has 78 valence electrons. The molecule has 1 aromatic carbocycles. The standard InChI is InChI=1S/C12H15N3/c1-10(11-6-4-3-5-7-11)15-9-12(8-13)14-2/h3-10,13,15H,2H2,1H3/b12-9+,13-8?. The number of nitrogens with zero attached hydrogens (tertiary/aromatic N) is 1. The SMILES string of the molecule is C=N/C(C=N)=C/NC(C)c1ccccc1. The van der Waals surface area contributed by atoms with Crippen molar-refractivity contribution in [2.75, 3.05) is 0 Å². The van der Waals surface area contributed by atoms with Crippen molar-refractivity contribution in [3.05, 3.63) is 47.8 Å². The van der Waals surface area contributed by atoms with E-state index in [2.05, 4.69) is 36.1 Å². The third kappa shape index (κ3) is 3.38. The highest BCUT2D eigenvalue weighted by atomic mass is 14.9. The van der Waals surface area contributed by atoms with Crippen LogP contribution in [0, 0.1) is 5.41 Å². The molecule has 2 N–H and O–H groups in total. The fourth-order valence-electron chi connectivity index (χ4n) is 1.18. The normalized spacial score (nSPS) is 13.0. The highest BCUT2D eigenvalue weighted by molar-refractivity contribution is 5.76. The first-order valence-corrected chi connectivity index (χ1v) is 4.76. The summed E-state index contributed by atoms with van der Waals surface area (Å²) in [5.41, 5.74) is 1.72. The Balaban J connectivity index is 2.64. The molecule has 0 aliphatic heterocycles. The Labute approximate surface area is 90.1 Å². The maximum atomic E-state index is 7.04. The average Bonchev–Trinajstić information content (AvgIpc) is 2.31. The smallest absolute Gasteiger partial charge is 0.0954 e. The third-order valence-corrected chi connectivity index (χ3v) is 2.11. The van der Waals surface area contributed by atoms with E-state index < -0.39 is 0 Å². The molecule has 1 aromatic rings. The van der Waals surface area contributed by atoms with Gasteiger partial charge in [0.05, 0.1) is 5.70 Å². The first-order valence-electron chi connectivity index (χ1n) is 4.76. The number of aliphatic imine (C=N–C) groups is 1. The fraction of sp³-hybridized carbons (Fsp3) is 0.167. The molecule has 0 saturated heterocycles. The first-order chi connectivity index (χ1) is 7.27. The summed E-state index contributed by atoms with van der Waals surface area (Å²) in [7, 11) is 0. The molecule has 15 heavy (non-hydrogen) atoms. The van der Waals surface area contributed by atoms with Crippen LogP contribution < -0.4 is 5.32 Å². The molecule has 0 radical (unpaired) electrons. The molecule has 0 fully saturated rings. The highest BCUT2D eigenvalue weighted by Gasteiger charge is 2.00. The lowest BCUT2D eigenvalue weighted by Crippen LogP contribution is -2.12. The lowest BCUT2D eigenvalue weighted by molar-refractivity contribution is 0.684. The van der Waals surface area contributed by atoms with Gasteiger partial charge in [0.15, 0.2) is 0 Å². The van der Waals surface area contributed by atoms with Gasteiger partial charge in [-0.15, -0.1) is 0 Å². The van der Waals surface area contributed by atoms with Crippen LogP contribution in [0.5, 0.6) is 0 Å². The minimum Gasteiger partial charge on any atom is -0.383 e. The van der Waals surface area contributed by atoms with Crippen LogP contribution >= 0.6 is 0 Å². The number of benzene rings is 1. The van der Waals surface area contributed by atoms with Gasteiger partial charge in [0.25, 0.3) is 0 Å². The van der Waals surface area contributed by atoms with E-state index in [0.717, 1.165) is 6.21 Å². The monoisotopic (exact) mass is 201 g/mol. The zero-order valence-electron chi connectivity index (χ0n) is 8.77. The molecule has 0 aromatic heterocycles. The zero-order chi connectivity index (χ0) is 11.1. The van der Waals surface area contributed by atoms with Crippen molar-refractivity contribution >= 4 is 12.9 Å². The van der Waals surface area contributed by atoms with Gasteiger partial charge < -0.3 is 10.7 Å². The van der Waals surface area contributed by atoms with E-state index in [0.29, 0.717) is 5.70 Å². The maximum Gasteiger partial charge on any atom is 0.0954 e. The summed E-state index contributed by atoms with van der Waals surface area (Å²) in [4.78, 5) is 3.68. The van der Waals surface area contributed by atoms with E-state index in [-0.39, 0.29) is 6.04 Å². The molecule has 0 bridgehead atoms. The minimum absolute atomic E-state index is 0.197. The van der Waals surface area contributed by atoms with Crippen LogP contribution in [0.1, 0.15) is 18.5 Å². The zero-order valence-corrected chi connectivity index (χ0v) is 8.77. The second kappa shape index (κ2) is 5.75. The van der Waals surface area contributed by atoms with Crippen LogP contribution in [0.3, 0.4) is 0 Å². The van der Waals surface area contributed by atoms with Crippen molar-refractivity contribution in [2.45, 2.75) is 13.0 Å². The Hall–Kier alpha value is -1.90. The molecule has 0 aliphatic carbocycles. The maximum absolute atomic E-state index is 7.04. The van der Waals surface area contributed by atoms with Crippen LogP contribution in [0.25, 0.3) is 0 Å².